The summed E-state index contributed by atoms with van der Waals surface area (Å²) in [6.07, 6.45) is 0. The minimum atomic E-state index is -0.388. The van der Waals surface area contributed by atoms with Crippen LogP contribution in [-0.4, -0.2) is 51.9 Å². The molecule has 6 nitrogen and oxygen atoms in total. The summed E-state index contributed by atoms with van der Waals surface area (Å²) in [7, 11) is 0. The Kier molecular flexibility index (Phi) is 5.97. The molecule has 1 aromatic heterocycles. The van der Waals surface area contributed by atoms with Gasteiger partial charge in [-0.1, -0.05) is 60.3 Å². The molecule has 1 unspecified atom stereocenters. The number of thioether (sulfide) groups is 1. The molecule has 0 saturated carbocycles. The van der Waals surface area contributed by atoms with Gasteiger partial charge in [-0.3, -0.25) is 9.36 Å². The van der Waals surface area contributed by atoms with Crippen LogP contribution in [0.5, 0.6) is 0 Å². The predicted octanol–water partition coefficient (Wildman–Crippen LogP) is 3.58. The molecular formula is C22H24N4O2S. The van der Waals surface area contributed by atoms with E-state index in [0.29, 0.717) is 31.5 Å². The number of hydrogen-bond acceptors (Lipinski definition) is 5. The third-order valence-corrected chi connectivity index (χ3v) is 6.21. The maximum Gasteiger partial charge on any atom is 0.240 e. The van der Waals surface area contributed by atoms with Crippen molar-refractivity contribution in [1.29, 1.82) is 0 Å². The number of carbonyl (C=O) groups is 1. The Balaban J connectivity index is 1.71. The smallest absolute Gasteiger partial charge is 0.240 e. The topological polar surface area (TPSA) is 60.2 Å². The van der Waals surface area contributed by atoms with Crippen molar-refractivity contribution in [2.45, 2.75) is 24.3 Å². The summed E-state index contributed by atoms with van der Waals surface area (Å²) >= 11 is 1.45. The minimum Gasteiger partial charge on any atom is -0.378 e. The van der Waals surface area contributed by atoms with E-state index in [9.17, 15) is 4.79 Å². The fourth-order valence-electron chi connectivity index (χ4n) is 3.45. The molecule has 3 aromatic rings. The number of morpholine rings is 1. The second-order valence-corrected chi connectivity index (χ2v) is 8.07. The van der Waals surface area contributed by atoms with Crippen molar-refractivity contribution >= 4 is 17.7 Å². The zero-order chi connectivity index (χ0) is 20.2. The average Bonchev–Trinajstić information content (AvgIpc) is 3.13. The molecule has 1 amide bonds. The lowest BCUT2D eigenvalue weighted by atomic mass is 10.1. The molecule has 0 aliphatic carbocycles. The molecule has 1 fully saturated rings. The molecular weight excluding hydrogens is 384 g/mol. The van der Waals surface area contributed by atoms with Gasteiger partial charge in [-0.2, -0.15) is 0 Å². The lowest BCUT2D eigenvalue weighted by Gasteiger charge is -2.30. The van der Waals surface area contributed by atoms with Crippen LogP contribution in [0.4, 0.5) is 0 Å². The van der Waals surface area contributed by atoms with E-state index in [4.69, 9.17) is 4.74 Å². The Morgan fingerprint density at radius 2 is 1.69 bits per heavy atom. The van der Waals surface area contributed by atoms with E-state index < -0.39 is 0 Å². The number of carbonyl (C=O) groups excluding carboxylic acids is 1. The van der Waals surface area contributed by atoms with E-state index in [1.54, 1.807) is 0 Å². The van der Waals surface area contributed by atoms with Gasteiger partial charge in [0.05, 0.1) is 18.9 Å². The highest BCUT2D eigenvalue weighted by Crippen LogP contribution is 2.37. The average molecular weight is 409 g/mol. The molecule has 1 aliphatic heterocycles. The lowest BCUT2D eigenvalue weighted by molar-refractivity contribution is -0.134. The summed E-state index contributed by atoms with van der Waals surface area (Å²) < 4.78 is 7.45. The van der Waals surface area contributed by atoms with E-state index in [2.05, 4.69) is 29.3 Å². The first-order chi connectivity index (χ1) is 14.1. The molecule has 2 heterocycles. The molecule has 0 N–H and O–H groups in total. The summed E-state index contributed by atoms with van der Waals surface area (Å²) in [6.45, 7) is 6.40. The molecule has 2 aromatic carbocycles. The van der Waals surface area contributed by atoms with Gasteiger partial charge in [-0.25, -0.2) is 0 Å². The molecule has 0 bridgehead atoms. The first-order valence-corrected chi connectivity index (χ1v) is 10.6. The number of hydrogen-bond donors (Lipinski definition) is 0. The van der Waals surface area contributed by atoms with Crippen molar-refractivity contribution in [3.8, 4) is 5.69 Å². The Morgan fingerprint density at radius 1 is 1.00 bits per heavy atom. The van der Waals surface area contributed by atoms with Gasteiger partial charge in [0.1, 0.15) is 11.1 Å². The number of benzene rings is 2. The van der Waals surface area contributed by atoms with Crippen molar-refractivity contribution in [2.24, 2.45) is 0 Å². The largest absolute Gasteiger partial charge is 0.378 e. The van der Waals surface area contributed by atoms with E-state index in [1.807, 2.05) is 58.9 Å². The van der Waals surface area contributed by atoms with Crippen LogP contribution in [0.3, 0.4) is 0 Å². The number of aryl methyl sites for hydroxylation is 2. The summed E-state index contributed by atoms with van der Waals surface area (Å²) in [4.78, 5) is 15.3. The summed E-state index contributed by atoms with van der Waals surface area (Å²) in [5.41, 5.74) is 3.13. The first kappa shape index (κ1) is 19.7. The summed E-state index contributed by atoms with van der Waals surface area (Å²) in [5.74, 6) is 0.883. The van der Waals surface area contributed by atoms with E-state index in [0.717, 1.165) is 22.6 Å². The molecule has 0 spiro atoms. The third-order valence-electron chi connectivity index (χ3n) is 5.02. The Hall–Kier alpha value is -2.64. The monoisotopic (exact) mass is 408 g/mol. The van der Waals surface area contributed by atoms with Crippen LogP contribution in [0.15, 0.2) is 59.8 Å². The molecule has 1 saturated heterocycles. The number of ether oxygens (including phenoxy) is 1. The van der Waals surface area contributed by atoms with Gasteiger partial charge in [-0.15, -0.1) is 10.2 Å². The highest BCUT2D eigenvalue weighted by atomic mass is 32.2. The van der Waals surface area contributed by atoms with Gasteiger partial charge < -0.3 is 9.64 Å². The minimum absolute atomic E-state index is 0.0847. The first-order valence-electron chi connectivity index (χ1n) is 9.71. The Bertz CT molecular complexity index is 983. The summed E-state index contributed by atoms with van der Waals surface area (Å²) in [5, 5.41) is 9.03. The van der Waals surface area contributed by atoms with Gasteiger partial charge in [0.2, 0.25) is 5.91 Å². The van der Waals surface area contributed by atoms with Crippen LogP contribution in [-0.2, 0) is 9.53 Å². The normalized spacial score (nSPS) is 15.3. The Labute approximate surface area is 174 Å². The van der Waals surface area contributed by atoms with Gasteiger partial charge >= 0.3 is 0 Å². The van der Waals surface area contributed by atoms with Crippen LogP contribution in [0.25, 0.3) is 5.69 Å². The number of amides is 1. The van der Waals surface area contributed by atoms with Crippen LogP contribution < -0.4 is 0 Å². The van der Waals surface area contributed by atoms with E-state index >= 15 is 0 Å². The van der Waals surface area contributed by atoms with E-state index in [1.165, 1.54) is 11.8 Å². The number of para-hydroxylation sites is 1. The molecule has 29 heavy (non-hydrogen) atoms. The van der Waals surface area contributed by atoms with Crippen molar-refractivity contribution in [3.05, 3.63) is 71.5 Å². The quantitative estimate of drug-likeness (QED) is 0.604. The predicted molar refractivity (Wildman–Crippen MR) is 113 cm³/mol. The molecule has 1 aliphatic rings. The maximum absolute atomic E-state index is 13.4. The molecule has 7 heteroatoms. The van der Waals surface area contributed by atoms with Crippen LogP contribution in [0, 0.1) is 13.8 Å². The molecule has 4 rings (SSSR count). The van der Waals surface area contributed by atoms with Gasteiger partial charge in [0, 0.05) is 13.1 Å². The van der Waals surface area contributed by atoms with Gasteiger partial charge in [0.25, 0.3) is 0 Å². The molecule has 150 valence electrons. The zero-order valence-electron chi connectivity index (χ0n) is 16.6. The Morgan fingerprint density at radius 3 is 2.41 bits per heavy atom. The molecule has 0 radical (unpaired) electrons. The lowest BCUT2D eigenvalue weighted by Crippen LogP contribution is -2.42. The fourth-order valence-corrected chi connectivity index (χ4v) is 4.63. The SMILES string of the molecule is Cc1ccccc1-n1c(C)nnc1SC(C(=O)N1CCOCC1)c1ccccc1. The third kappa shape index (κ3) is 4.21. The number of rotatable bonds is 5. The molecule has 1 atom stereocenters. The second-order valence-electron chi connectivity index (χ2n) is 7.00. The number of aromatic nitrogens is 3. The zero-order valence-corrected chi connectivity index (χ0v) is 17.4. The standard InChI is InChI=1S/C22H24N4O2S/c1-16-8-6-7-11-19(16)26-17(2)23-24-22(26)29-20(18-9-4-3-5-10-18)21(27)25-12-14-28-15-13-25/h3-11,20H,12-15H2,1-2H3. The fraction of sp³-hybridized carbons (Fsp3) is 0.318. The van der Waals surface area contributed by atoms with Crippen molar-refractivity contribution in [2.75, 3.05) is 26.3 Å². The second kappa shape index (κ2) is 8.80. The van der Waals surface area contributed by atoms with Gasteiger partial charge in [-0.05, 0) is 31.0 Å². The van der Waals surface area contributed by atoms with Crippen LogP contribution in [0.1, 0.15) is 22.2 Å². The van der Waals surface area contributed by atoms with Crippen LogP contribution in [0.2, 0.25) is 0 Å². The van der Waals surface area contributed by atoms with E-state index in [-0.39, 0.29) is 11.2 Å². The van der Waals surface area contributed by atoms with Crippen molar-refractivity contribution in [3.63, 3.8) is 0 Å². The van der Waals surface area contributed by atoms with Crippen molar-refractivity contribution in [1.82, 2.24) is 19.7 Å². The summed E-state index contributed by atoms with van der Waals surface area (Å²) in [6, 6.07) is 18.0. The highest BCUT2D eigenvalue weighted by Gasteiger charge is 2.30. The number of nitrogens with zero attached hydrogens (tertiary/aromatic N) is 4. The maximum atomic E-state index is 13.4. The van der Waals surface area contributed by atoms with Gasteiger partial charge in [0.15, 0.2) is 5.16 Å². The van der Waals surface area contributed by atoms with Crippen LogP contribution >= 0.6 is 11.8 Å². The van der Waals surface area contributed by atoms with Crippen molar-refractivity contribution < 1.29 is 9.53 Å². The highest BCUT2D eigenvalue weighted by molar-refractivity contribution is 8.00.